The third-order valence-electron chi connectivity index (χ3n) is 3.13. The minimum atomic E-state index is 0.0729. The van der Waals surface area contributed by atoms with Crippen LogP contribution in [0.2, 0.25) is 0 Å². The van der Waals surface area contributed by atoms with Crippen molar-refractivity contribution in [3.05, 3.63) is 35.9 Å². The Morgan fingerprint density at radius 3 is 2.61 bits per heavy atom. The maximum atomic E-state index is 11.9. The molecule has 4 heteroatoms. The Hall–Kier alpha value is -1.39. The normalized spacial score (nSPS) is 18.9. The van der Waals surface area contributed by atoms with Crippen LogP contribution in [0.15, 0.2) is 30.3 Å². The highest BCUT2D eigenvalue weighted by atomic mass is 16.2. The second-order valence-corrected chi connectivity index (χ2v) is 4.34. The highest BCUT2D eigenvalue weighted by molar-refractivity contribution is 5.81. The number of carbonyl (C=O) groups is 1. The Bertz CT molecular complexity index is 353. The summed E-state index contributed by atoms with van der Waals surface area (Å²) >= 11 is 0. The molecule has 0 aromatic heterocycles. The standard InChI is InChI=1S/C13H18N2O.CH5N/c1-15-9-5-8-12(15)13(16)14-10-11-6-3-2-4-7-11;1-2/h2-4,6-7,12H,5,8-10H2,1H3,(H,14,16);2H2,1H3. The number of carbonyl (C=O) groups excluding carboxylic acids is 1. The van der Waals surface area contributed by atoms with E-state index < -0.39 is 0 Å². The first-order valence-electron chi connectivity index (χ1n) is 6.37. The van der Waals surface area contributed by atoms with E-state index in [-0.39, 0.29) is 11.9 Å². The fourth-order valence-corrected chi connectivity index (χ4v) is 2.14. The van der Waals surface area contributed by atoms with Crippen molar-refractivity contribution in [2.75, 3.05) is 20.6 Å². The third-order valence-corrected chi connectivity index (χ3v) is 3.13. The van der Waals surface area contributed by atoms with E-state index in [1.165, 1.54) is 7.05 Å². The molecule has 0 aliphatic carbocycles. The molecule has 4 nitrogen and oxygen atoms in total. The van der Waals surface area contributed by atoms with Crippen LogP contribution in [-0.2, 0) is 11.3 Å². The van der Waals surface area contributed by atoms with E-state index in [2.05, 4.69) is 16.0 Å². The third kappa shape index (κ3) is 4.13. The fourth-order valence-electron chi connectivity index (χ4n) is 2.14. The van der Waals surface area contributed by atoms with Crippen LogP contribution < -0.4 is 11.1 Å². The van der Waals surface area contributed by atoms with Crippen LogP contribution in [0.4, 0.5) is 0 Å². The Morgan fingerprint density at radius 2 is 2.06 bits per heavy atom. The van der Waals surface area contributed by atoms with Crippen molar-refractivity contribution in [3.63, 3.8) is 0 Å². The van der Waals surface area contributed by atoms with Gasteiger partial charge in [0, 0.05) is 6.54 Å². The van der Waals surface area contributed by atoms with Gasteiger partial charge in [-0.1, -0.05) is 30.3 Å². The number of nitrogens with one attached hydrogen (secondary N) is 1. The lowest BCUT2D eigenvalue weighted by Crippen LogP contribution is -2.41. The van der Waals surface area contributed by atoms with Gasteiger partial charge >= 0.3 is 0 Å². The minimum absolute atomic E-state index is 0.0729. The average molecular weight is 249 g/mol. The largest absolute Gasteiger partial charge is 0.351 e. The molecule has 3 N–H and O–H groups in total. The Kier molecular flexibility index (Phi) is 6.39. The van der Waals surface area contributed by atoms with Crippen LogP contribution in [0.25, 0.3) is 0 Å². The number of benzene rings is 1. The molecule has 0 saturated carbocycles. The summed E-state index contributed by atoms with van der Waals surface area (Å²) in [7, 11) is 3.51. The van der Waals surface area contributed by atoms with Gasteiger partial charge < -0.3 is 11.1 Å². The summed E-state index contributed by atoms with van der Waals surface area (Å²) < 4.78 is 0. The van der Waals surface area contributed by atoms with Crippen molar-refractivity contribution in [2.24, 2.45) is 5.73 Å². The molecule has 2 rings (SSSR count). The van der Waals surface area contributed by atoms with Crippen molar-refractivity contribution in [2.45, 2.75) is 25.4 Å². The predicted octanol–water partition coefficient (Wildman–Crippen LogP) is 0.972. The zero-order valence-electron chi connectivity index (χ0n) is 11.2. The van der Waals surface area contributed by atoms with Crippen LogP contribution >= 0.6 is 0 Å². The molecule has 1 aromatic rings. The molecule has 1 fully saturated rings. The Balaban J connectivity index is 0.000000771. The second kappa shape index (κ2) is 7.84. The fraction of sp³-hybridized carbons (Fsp3) is 0.500. The molecule has 1 saturated heterocycles. The Labute approximate surface area is 109 Å². The van der Waals surface area contributed by atoms with Crippen molar-refractivity contribution < 1.29 is 4.79 Å². The molecular formula is C14H23N3O. The van der Waals surface area contributed by atoms with E-state index in [0.29, 0.717) is 6.54 Å². The molecule has 1 aliphatic rings. The van der Waals surface area contributed by atoms with E-state index in [9.17, 15) is 4.79 Å². The summed E-state index contributed by atoms with van der Waals surface area (Å²) in [5, 5.41) is 2.99. The molecule has 1 heterocycles. The van der Waals surface area contributed by atoms with Gasteiger partial charge in [0.2, 0.25) is 5.91 Å². The summed E-state index contributed by atoms with van der Waals surface area (Å²) in [6.45, 7) is 1.66. The number of nitrogens with zero attached hydrogens (tertiary/aromatic N) is 1. The van der Waals surface area contributed by atoms with E-state index in [4.69, 9.17) is 0 Å². The molecule has 100 valence electrons. The molecule has 1 aliphatic heterocycles. The van der Waals surface area contributed by atoms with Gasteiger partial charge in [-0.25, -0.2) is 0 Å². The number of nitrogens with two attached hydrogens (primary N) is 1. The van der Waals surface area contributed by atoms with Crippen molar-refractivity contribution in [1.82, 2.24) is 10.2 Å². The van der Waals surface area contributed by atoms with Gasteiger partial charge in [0.05, 0.1) is 6.04 Å². The molecule has 0 radical (unpaired) electrons. The van der Waals surface area contributed by atoms with Crippen LogP contribution in [0.5, 0.6) is 0 Å². The number of rotatable bonds is 3. The van der Waals surface area contributed by atoms with Gasteiger partial charge in [-0.3, -0.25) is 9.69 Å². The van der Waals surface area contributed by atoms with Gasteiger partial charge in [-0.2, -0.15) is 0 Å². The number of likely N-dealkylation sites (tertiary alicyclic amines) is 1. The number of likely N-dealkylation sites (N-methyl/N-ethyl adjacent to an activating group) is 1. The van der Waals surface area contributed by atoms with Crippen LogP contribution in [0.3, 0.4) is 0 Å². The maximum absolute atomic E-state index is 11.9. The van der Waals surface area contributed by atoms with Crippen LogP contribution in [0.1, 0.15) is 18.4 Å². The maximum Gasteiger partial charge on any atom is 0.237 e. The minimum Gasteiger partial charge on any atom is -0.351 e. The Morgan fingerprint density at radius 1 is 1.39 bits per heavy atom. The average Bonchev–Trinajstić information content (AvgIpc) is 2.86. The topological polar surface area (TPSA) is 58.4 Å². The zero-order valence-corrected chi connectivity index (χ0v) is 11.2. The molecule has 0 bridgehead atoms. The van der Waals surface area contributed by atoms with Crippen LogP contribution in [-0.4, -0.2) is 37.5 Å². The molecule has 18 heavy (non-hydrogen) atoms. The van der Waals surface area contributed by atoms with Gasteiger partial charge in [0.15, 0.2) is 0 Å². The zero-order chi connectivity index (χ0) is 13.4. The van der Waals surface area contributed by atoms with Crippen molar-refractivity contribution in [1.29, 1.82) is 0 Å². The first kappa shape index (κ1) is 14.7. The quantitative estimate of drug-likeness (QED) is 0.839. The van der Waals surface area contributed by atoms with E-state index in [1.807, 2.05) is 37.4 Å². The molecule has 1 amide bonds. The van der Waals surface area contributed by atoms with E-state index >= 15 is 0 Å². The van der Waals surface area contributed by atoms with Gasteiger partial charge in [0.1, 0.15) is 0 Å². The number of hydrogen-bond donors (Lipinski definition) is 2. The lowest BCUT2D eigenvalue weighted by molar-refractivity contribution is -0.125. The highest BCUT2D eigenvalue weighted by Crippen LogP contribution is 2.14. The smallest absolute Gasteiger partial charge is 0.237 e. The number of hydrogen-bond acceptors (Lipinski definition) is 3. The summed E-state index contributed by atoms with van der Waals surface area (Å²) in [5.41, 5.74) is 5.65. The van der Waals surface area contributed by atoms with E-state index in [1.54, 1.807) is 0 Å². The monoisotopic (exact) mass is 249 g/mol. The van der Waals surface area contributed by atoms with Gasteiger partial charge in [-0.15, -0.1) is 0 Å². The summed E-state index contributed by atoms with van der Waals surface area (Å²) in [6, 6.07) is 10.1. The summed E-state index contributed by atoms with van der Waals surface area (Å²) in [5.74, 6) is 0.156. The first-order valence-corrected chi connectivity index (χ1v) is 6.37. The molecular weight excluding hydrogens is 226 g/mol. The molecule has 1 unspecified atom stereocenters. The second-order valence-electron chi connectivity index (χ2n) is 4.34. The van der Waals surface area contributed by atoms with Gasteiger partial charge in [0.25, 0.3) is 0 Å². The molecule has 0 spiro atoms. The SMILES string of the molecule is CN.CN1CCCC1C(=O)NCc1ccccc1. The lowest BCUT2D eigenvalue weighted by Gasteiger charge is -2.18. The van der Waals surface area contributed by atoms with Crippen LogP contribution in [0, 0.1) is 0 Å². The highest BCUT2D eigenvalue weighted by Gasteiger charge is 2.27. The van der Waals surface area contributed by atoms with E-state index in [0.717, 1.165) is 24.9 Å². The van der Waals surface area contributed by atoms with Crippen molar-refractivity contribution in [3.8, 4) is 0 Å². The summed E-state index contributed by atoms with van der Waals surface area (Å²) in [4.78, 5) is 14.0. The number of amides is 1. The predicted molar refractivity (Wildman–Crippen MR) is 74.1 cm³/mol. The summed E-state index contributed by atoms with van der Waals surface area (Å²) in [6.07, 6.45) is 2.11. The lowest BCUT2D eigenvalue weighted by atomic mass is 10.2. The van der Waals surface area contributed by atoms with Crippen molar-refractivity contribution >= 4 is 5.91 Å². The molecule has 1 atom stereocenters. The molecule has 1 aromatic carbocycles. The first-order chi connectivity index (χ1) is 8.77. The van der Waals surface area contributed by atoms with Gasteiger partial charge in [-0.05, 0) is 39.0 Å².